The summed E-state index contributed by atoms with van der Waals surface area (Å²) in [5.74, 6) is 1.76. The van der Waals surface area contributed by atoms with Crippen molar-refractivity contribution >= 4 is 17.5 Å². The number of likely N-dealkylation sites (tertiary alicyclic amines) is 1. The Hall–Kier alpha value is -2.41. The van der Waals surface area contributed by atoms with E-state index in [0.717, 1.165) is 30.8 Å². The molecule has 1 amide bonds. The summed E-state index contributed by atoms with van der Waals surface area (Å²) in [6.45, 7) is 2.98. The summed E-state index contributed by atoms with van der Waals surface area (Å²) in [5, 5.41) is 7.01. The van der Waals surface area contributed by atoms with E-state index in [1.165, 1.54) is 0 Å². The van der Waals surface area contributed by atoms with E-state index in [4.69, 9.17) is 10.3 Å². The van der Waals surface area contributed by atoms with Crippen molar-refractivity contribution in [3.63, 3.8) is 0 Å². The fourth-order valence-corrected chi connectivity index (χ4v) is 2.81. The minimum absolute atomic E-state index is 0.133. The van der Waals surface area contributed by atoms with Crippen LogP contribution in [0, 0.1) is 6.92 Å². The molecule has 3 N–H and O–H groups in total. The van der Waals surface area contributed by atoms with Crippen LogP contribution < -0.4 is 11.1 Å². The summed E-state index contributed by atoms with van der Waals surface area (Å²) >= 11 is 0. The zero-order valence-corrected chi connectivity index (χ0v) is 12.5. The molecule has 0 saturated carbocycles. The molecule has 0 radical (unpaired) electrons. The van der Waals surface area contributed by atoms with Gasteiger partial charge in [0, 0.05) is 6.07 Å². The number of carbonyl (C=O) groups is 1. The SMILES string of the molecule is Cc1cc(Nc2cccc([C@@H]3CCCN3CC(N)=O)n2)no1. The molecule has 22 heavy (non-hydrogen) atoms. The third-order valence-electron chi connectivity index (χ3n) is 3.72. The van der Waals surface area contributed by atoms with E-state index in [1.807, 2.05) is 31.2 Å². The van der Waals surface area contributed by atoms with Gasteiger partial charge in [0.2, 0.25) is 5.91 Å². The molecule has 3 heterocycles. The second-order valence-electron chi connectivity index (χ2n) is 5.49. The number of nitrogens with two attached hydrogens (primary N) is 1. The zero-order chi connectivity index (χ0) is 15.5. The normalized spacial score (nSPS) is 18.5. The largest absolute Gasteiger partial charge is 0.369 e. The Bertz CT molecular complexity index is 669. The lowest BCUT2D eigenvalue weighted by Gasteiger charge is -2.22. The maximum atomic E-state index is 11.2. The van der Waals surface area contributed by atoms with E-state index in [-0.39, 0.29) is 18.5 Å². The van der Waals surface area contributed by atoms with E-state index < -0.39 is 0 Å². The first-order valence-corrected chi connectivity index (χ1v) is 7.31. The van der Waals surface area contributed by atoms with Gasteiger partial charge in [-0.15, -0.1) is 0 Å². The molecule has 0 bridgehead atoms. The van der Waals surface area contributed by atoms with Gasteiger partial charge in [0.1, 0.15) is 11.6 Å². The van der Waals surface area contributed by atoms with Crippen LogP contribution in [0.15, 0.2) is 28.8 Å². The average molecular weight is 301 g/mol. The lowest BCUT2D eigenvalue weighted by Crippen LogP contribution is -2.33. The van der Waals surface area contributed by atoms with Crippen molar-refractivity contribution in [2.75, 3.05) is 18.4 Å². The van der Waals surface area contributed by atoms with Gasteiger partial charge in [0.25, 0.3) is 0 Å². The third-order valence-corrected chi connectivity index (χ3v) is 3.72. The second-order valence-corrected chi connectivity index (χ2v) is 5.49. The molecule has 0 aliphatic carbocycles. The number of nitrogens with zero attached hydrogens (tertiary/aromatic N) is 3. The zero-order valence-electron chi connectivity index (χ0n) is 12.5. The fraction of sp³-hybridized carbons (Fsp3) is 0.400. The summed E-state index contributed by atoms with van der Waals surface area (Å²) < 4.78 is 5.03. The number of rotatable bonds is 5. The molecule has 1 atom stereocenters. The van der Waals surface area contributed by atoms with E-state index in [0.29, 0.717) is 11.6 Å². The number of anilines is 2. The number of hydrogen-bond acceptors (Lipinski definition) is 6. The van der Waals surface area contributed by atoms with E-state index in [2.05, 4.69) is 20.4 Å². The molecule has 3 rings (SSSR count). The number of carbonyl (C=O) groups excluding carboxylic acids is 1. The number of aryl methyl sites for hydroxylation is 1. The first-order chi connectivity index (χ1) is 10.6. The van der Waals surface area contributed by atoms with E-state index >= 15 is 0 Å². The van der Waals surface area contributed by atoms with Gasteiger partial charge in [-0.25, -0.2) is 4.98 Å². The molecule has 0 unspecified atom stereocenters. The molecule has 0 spiro atoms. The van der Waals surface area contributed by atoms with Gasteiger partial charge in [-0.3, -0.25) is 9.69 Å². The van der Waals surface area contributed by atoms with Crippen molar-refractivity contribution in [1.29, 1.82) is 0 Å². The van der Waals surface area contributed by atoms with Crippen LogP contribution in [0.2, 0.25) is 0 Å². The van der Waals surface area contributed by atoms with Crippen LogP contribution in [-0.2, 0) is 4.79 Å². The molecule has 2 aromatic rings. The number of primary amides is 1. The second kappa shape index (κ2) is 6.15. The van der Waals surface area contributed by atoms with Gasteiger partial charge < -0.3 is 15.6 Å². The van der Waals surface area contributed by atoms with Crippen molar-refractivity contribution in [2.45, 2.75) is 25.8 Å². The summed E-state index contributed by atoms with van der Waals surface area (Å²) in [7, 11) is 0. The lowest BCUT2D eigenvalue weighted by molar-refractivity contribution is -0.119. The number of hydrogen-bond donors (Lipinski definition) is 2. The molecule has 2 aromatic heterocycles. The van der Waals surface area contributed by atoms with Gasteiger partial charge in [0.05, 0.1) is 18.3 Å². The Morgan fingerprint density at radius 1 is 1.50 bits per heavy atom. The van der Waals surface area contributed by atoms with Crippen LogP contribution in [0.3, 0.4) is 0 Å². The minimum atomic E-state index is -0.306. The lowest BCUT2D eigenvalue weighted by atomic mass is 10.1. The molecule has 1 saturated heterocycles. The van der Waals surface area contributed by atoms with E-state index in [9.17, 15) is 4.79 Å². The molecule has 7 heteroatoms. The first-order valence-electron chi connectivity index (χ1n) is 7.31. The summed E-state index contributed by atoms with van der Waals surface area (Å²) in [4.78, 5) is 17.9. The molecule has 0 aromatic carbocycles. The van der Waals surface area contributed by atoms with E-state index in [1.54, 1.807) is 0 Å². The van der Waals surface area contributed by atoms with Crippen LogP contribution in [0.25, 0.3) is 0 Å². The maximum Gasteiger partial charge on any atom is 0.231 e. The van der Waals surface area contributed by atoms with Crippen molar-refractivity contribution in [3.05, 3.63) is 35.7 Å². The van der Waals surface area contributed by atoms with Gasteiger partial charge in [0.15, 0.2) is 5.82 Å². The topological polar surface area (TPSA) is 97.3 Å². The van der Waals surface area contributed by atoms with Crippen LogP contribution in [-0.4, -0.2) is 34.0 Å². The smallest absolute Gasteiger partial charge is 0.231 e. The number of nitrogens with one attached hydrogen (secondary N) is 1. The Morgan fingerprint density at radius 3 is 3.09 bits per heavy atom. The van der Waals surface area contributed by atoms with Crippen LogP contribution in [0.1, 0.15) is 30.3 Å². The Morgan fingerprint density at radius 2 is 2.36 bits per heavy atom. The van der Waals surface area contributed by atoms with Crippen molar-refractivity contribution in [1.82, 2.24) is 15.0 Å². The number of aromatic nitrogens is 2. The highest BCUT2D eigenvalue weighted by atomic mass is 16.5. The Kier molecular flexibility index (Phi) is 4.06. The molecule has 7 nitrogen and oxygen atoms in total. The fourth-order valence-electron chi connectivity index (χ4n) is 2.81. The van der Waals surface area contributed by atoms with Crippen LogP contribution in [0.4, 0.5) is 11.6 Å². The van der Waals surface area contributed by atoms with Crippen molar-refractivity contribution in [2.24, 2.45) is 5.73 Å². The standard InChI is InChI=1S/C15H19N5O2/c1-10-8-15(19-22-10)18-14-6-2-4-11(17-14)12-5-3-7-20(12)9-13(16)21/h2,4,6,8,12H,3,5,7,9H2,1H3,(H2,16,21)(H,17,18,19)/t12-/m0/s1. The predicted molar refractivity (Wildman–Crippen MR) is 81.5 cm³/mol. The quantitative estimate of drug-likeness (QED) is 0.873. The summed E-state index contributed by atoms with van der Waals surface area (Å²) in [6, 6.07) is 7.74. The van der Waals surface area contributed by atoms with Gasteiger partial charge in [-0.1, -0.05) is 11.2 Å². The van der Waals surface area contributed by atoms with Crippen LogP contribution >= 0.6 is 0 Å². The molecule has 116 valence electrons. The van der Waals surface area contributed by atoms with Gasteiger partial charge in [-0.05, 0) is 38.4 Å². The molecule has 1 aliphatic heterocycles. The summed E-state index contributed by atoms with van der Waals surface area (Å²) in [5.41, 5.74) is 6.25. The monoisotopic (exact) mass is 301 g/mol. The van der Waals surface area contributed by atoms with Crippen molar-refractivity contribution < 1.29 is 9.32 Å². The Balaban J connectivity index is 1.77. The molecular formula is C15H19N5O2. The number of pyridine rings is 1. The van der Waals surface area contributed by atoms with Crippen LogP contribution in [0.5, 0.6) is 0 Å². The third kappa shape index (κ3) is 3.25. The molecular weight excluding hydrogens is 282 g/mol. The maximum absolute atomic E-state index is 11.2. The molecule has 1 fully saturated rings. The predicted octanol–water partition coefficient (Wildman–Crippen LogP) is 1.74. The summed E-state index contributed by atoms with van der Waals surface area (Å²) in [6.07, 6.45) is 2.02. The highest BCUT2D eigenvalue weighted by Crippen LogP contribution is 2.31. The van der Waals surface area contributed by atoms with Gasteiger partial charge in [-0.2, -0.15) is 0 Å². The van der Waals surface area contributed by atoms with Gasteiger partial charge >= 0.3 is 0 Å². The Labute approximate surface area is 128 Å². The average Bonchev–Trinajstić information content (AvgIpc) is 3.08. The first kappa shape index (κ1) is 14.5. The molecule has 1 aliphatic rings. The van der Waals surface area contributed by atoms with Crippen molar-refractivity contribution in [3.8, 4) is 0 Å². The highest BCUT2D eigenvalue weighted by molar-refractivity contribution is 5.76. The minimum Gasteiger partial charge on any atom is -0.369 e. The highest BCUT2D eigenvalue weighted by Gasteiger charge is 2.28. The number of amides is 1.